The SMILES string of the molecule is CC(C)(C)c1cn2nc(NCCN3CCC(OC(c4ccccc4)c4ccccc4)CC3)ccc2n1. The van der Waals surface area contributed by atoms with Crippen LogP contribution in [0.25, 0.3) is 5.65 Å². The summed E-state index contributed by atoms with van der Waals surface area (Å²) in [4.78, 5) is 7.21. The molecule has 1 aliphatic rings. The molecule has 0 aliphatic carbocycles. The molecule has 2 aromatic carbocycles. The molecule has 4 aromatic rings. The maximum atomic E-state index is 6.69. The second-order valence-corrected chi connectivity index (χ2v) is 10.7. The van der Waals surface area contributed by atoms with Gasteiger partial charge in [0.2, 0.25) is 0 Å². The molecule has 188 valence electrons. The van der Waals surface area contributed by atoms with Gasteiger partial charge in [0.1, 0.15) is 11.9 Å². The Hall–Kier alpha value is -3.22. The zero-order valence-electron chi connectivity index (χ0n) is 21.6. The highest BCUT2D eigenvalue weighted by Gasteiger charge is 2.24. The van der Waals surface area contributed by atoms with Crippen molar-refractivity contribution in [3.63, 3.8) is 0 Å². The van der Waals surface area contributed by atoms with Crippen LogP contribution in [-0.4, -0.2) is 51.8 Å². The molecule has 0 bridgehead atoms. The number of fused-ring (bicyclic) bond motifs is 1. The van der Waals surface area contributed by atoms with Crippen LogP contribution in [0.2, 0.25) is 0 Å². The first-order chi connectivity index (χ1) is 17.5. The third kappa shape index (κ3) is 5.94. The third-order valence-electron chi connectivity index (χ3n) is 6.89. The Morgan fingerprint density at radius 2 is 1.56 bits per heavy atom. The number of aromatic nitrogens is 3. The van der Waals surface area contributed by atoms with E-state index in [2.05, 4.69) is 91.7 Å². The number of imidazole rings is 1. The molecule has 0 amide bonds. The quantitative estimate of drug-likeness (QED) is 0.348. The maximum Gasteiger partial charge on any atom is 0.153 e. The lowest BCUT2D eigenvalue weighted by atomic mass is 9.93. The predicted molar refractivity (Wildman–Crippen MR) is 145 cm³/mol. The van der Waals surface area contributed by atoms with Crippen molar-refractivity contribution >= 4 is 11.5 Å². The standard InChI is InChI=1S/C30H37N5O/c1-30(2,3)26-22-35-28(32-26)15-14-27(33-35)31-18-21-34-19-16-25(17-20-34)36-29(23-10-6-4-7-11-23)24-12-8-5-9-13-24/h4-15,22,25,29H,16-21H2,1-3H3,(H,31,33). The molecule has 1 saturated heterocycles. The van der Waals surface area contributed by atoms with Crippen LogP contribution in [0.5, 0.6) is 0 Å². The topological polar surface area (TPSA) is 54.7 Å². The molecule has 0 radical (unpaired) electrons. The number of anilines is 1. The smallest absolute Gasteiger partial charge is 0.153 e. The first kappa shape index (κ1) is 24.5. The van der Waals surface area contributed by atoms with Crippen LogP contribution < -0.4 is 5.32 Å². The van der Waals surface area contributed by atoms with E-state index in [1.807, 2.05) is 22.8 Å². The number of benzene rings is 2. The van der Waals surface area contributed by atoms with Crippen LogP contribution in [0.15, 0.2) is 79.0 Å². The number of nitrogens with one attached hydrogen (secondary N) is 1. The van der Waals surface area contributed by atoms with Crippen molar-refractivity contribution in [3.05, 3.63) is 95.8 Å². The van der Waals surface area contributed by atoms with Gasteiger partial charge in [-0.1, -0.05) is 81.4 Å². The van der Waals surface area contributed by atoms with E-state index in [0.717, 1.165) is 56.2 Å². The molecule has 0 atom stereocenters. The Labute approximate surface area is 214 Å². The van der Waals surface area contributed by atoms with Crippen molar-refractivity contribution in [1.82, 2.24) is 19.5 Å². The number of piperidine rings is 1. The second-order valence-electron chi connectivity index (χ2n) is 10.7. The van der Waals surface area contributed by atoms with Gasteiger partial charge in [0.25, 0.3) is 0 Å². The zero-order valence-corrected chi connectivity index (χ0v) is 21.6. The molecule has 5 rings (SSSR count). The molecule has 2 aromatic heterocycles. The van der Waals surface area contributed by atoms with Crippen molar-refractivity contribution in [1.29, 1.82) is 0 Å². The highest BCUT2D eigenvalue weighted by atomic mass is 16.5. The Balaban J connectivity index is 1.12. The third-order valence-corrected chi connectivity index (χ3v) is 6.89. The van der Waals surface area contributed by atoms with E-state index >= 15 is 0 Å². The summed E-state index contributed by atoms with van der Waals surface area (Å²) in [5, 5.41) is 8.18. The van der Waals surface area contributed by atoms with E-state index in [4.69, 9.17) is 14.8 Å². The highest BCUT2D eigenvalue weighted by Crippen LogP contribution is 2.30. The molecule has 36 heavy (non-hydrogen) atoms. The molecule has 6 heteroatoms. The second kappa shape index (κ2) is 10.8. The normalized spacial score (nSPS) is 15.6. The van der Waals surface area contributed by atoms with E-state index in [1.165, 1.54) is 11.1 Å². The van der Waals surface area contributed by atoms with Crippen molar-refractivity contribution in [2.75, 3.05) is 31.5 Å². The molecule has 1 aliphatic heterocycles. The average molecular weight is 484 g/mol. The summed E-state index contributed by atoms with van der Waals surface area (Å²) < 4.78 is 8.57. The fourth-order valence-electron chi connectivity index (χ4n) is 4.75. The molecule has 0 saturated carbocycles. The van der Waals surface area contributed by atoms with E-state index in [9.17, 15) is 0 Å². The molecular weight excluding hydrogens is 446 g/mol. The van der Waals surface area contributed by atoms with E-state index in [-0.39, 0.29) is 17.6 Å². The van der Waals surface area contributed by atoms with Gasteiger partial charge in [0, 0.05) is 31.6 Å². The molecule has 0 spiro atoms. The summed E-state index contributed by atoms with van der Waals surface area (Å²) >= 11 is 0. The zero-order chi connectivity index (χ0) is 25.0. The van der Waals surface area contributed by atoms with Gasteiger partial charge < -0.3 is 15.0 Å². The molecule has 1 fully saturated rings. The minimum absolute atomic E-state index is 0.0132. The van der Waals surface area contributed by atoms with Gasteiger partial charge in [-0.25, -0.2) is 9.50 Å². The van der Waals surface area contributed by atoms with Crippen molar-refractivity contribution < 1.29 is 4.74 Å². The van der Waals surface area contributed by atoms with Gasteiger partial charge in [-0.05, 0) is 36.1 Å². The number of likely N-dealkylation sites (tertiary alicyclic amines) is 1. The van der Waals surface area contributed by atoms with Crippen LogP contribution in [0, 0.1) is 0 Å². The number of hydrogen-bond acceptors (Lipinski definition) is 5. The Kier molecular flexibility index (Phi) is 7.35. The summed E-state index contributed by atoms with van der Waals surface area (Å²) in [6.07, 6.45) is 4.37. The predicted octanol–water partition coefficient (Wildman–Crippen LogP) is 5.71. The first-order valence-corrected chi connectivity index (χ1v) is 13.0. The number of rotatable bonds is 8. The lowest BCUT2D eigenvalue weighted by molar-refractivity contribution is -0.0263. The van der Waals surface area contributed by atoms with Crippen molar-refractivity contribution in [2.45, 2.75) is 51.2 Å². The summed E-state index contributed by atoms with van der Waals surface area (Å²) in [6, 6.07) is 25.2. The number of hydrogen-bond donors (Lipinski definition) is 1. The number of ether oxygens (including phenoxy) is 1. The van der Waals surface area contributed by atoms with Crippen LogP contribution in [-0.2, 0) is 10.2 Å². The fourth-order valence-corrected chi connectivity index (χ4v) is 4.75. The van der Waals surface area contributed by atoms with Crippen molar-refractivity contribution in [3.8, 4) is 0 Å². The Bertz CT molecular complexity index is 1200. The van der Waals surface area contributed by atoms with Gasteiger partial charge in [-0.3, -0.25) is 0 Å². The van der Waals surface area contributed by atoms with E-state index in [1.54, 1.807) is 0 Å². The lowest BCUT2D eigenvalue weighted by Gasteiger charge is -2.34. The average Bonchev–Trinajstić information content (AvgIpc) is 3.34. The molecule has 0 unspecified atom stereocenters. The van der Waals surface area contributed by atoms with Gasteiger partial charge in [0.05, 0.1) is 18.0 Å². The highest BCUT2D eigenvalue weighted by molar-refractivity contribution is 5.45. The summed E-state index contributed by atoms with van der Waals surface area (Å²) in [6.45, 7) is 10.5. The monoisotopic (exact) mass is 483 g/mol. The van der Waals surface area contributed by atoms with Crippen LogP contribution >= 0.6 is 0 Å². The maximum absolute atomic E-state index is 6.69. The lowest BCUT2D eigenvalue weighted by Crippen LogP contribution is -2.39. The van der Waals surface area contributed by atoms with Gasteiger partial charge in [0.15, 0.2) is 5.65 Å². The van der Waals surface area contributed by atoms with E-state index in [0.29, 0.717) is 0 Å². The summed E-state index contributed by atoms with van der Waals surface area (Å²) in [5.74, 6) is 0.882. The molecule has 1 N–H and O–H groups in total. The summed E-state index contributed by atoms with van der Waals surface area (Å²) in [7, 11) is 0. The van der Waals surface area contributed by atoms with Gasteiger partial charge >= 0.3 is 0 Å². The van der Waals surface area contributed by atoms with Crippen molar-refractivity contribution in [2.24, 2.45) is 0 Å². The minimum atomic E-state index is -0.0198. The van der Waals surface area contributed by atoms with Gasteiger partial charge in [-0.15, -0.1) is 5.10 Å². The molecule has 6 nitrogen and oxygen atoms in total. The number of nitrogens with zero attached hydrogens (tertiary/aromatic N) is 4. The Morgan fingerprint density at radius 3 is 2.17 bits per heavy atom. The Morgan fingerprint density at radius 1 is 0.917 bits per heavy atom. The van der Waals surface area contributed by atoms with Crippen LogP contribution in [0.1, 0.15) is 56.5 Å². The first-order valence-electron chi connectivity index (χ1n) is 13.0. The van der Waals surface area contributed by atoms with Gasteiger partial charge in [-0.2, -0.15) is 0 Å². The minimum Gasteiger partial charge on any atom is -0.367 e. The van der Waals surface area contributed by atoms with E-state index < -0.39 is 0 Å². The fraction of sp³-hybridized carbons (Fsp3) is 0.400. The van der Waals surface area contributed by atoms with Crippen LogP contribution in [0.3, 0.4) is 0 Å². The molecular formula is C30H37N5O. The summed E-state index contributed by atoms with van der Waals surface area (Å²) in [5.41, 5.74) is 4.38. The largest absolute Gasteiger partial charge is 0.367 e. The molecule has 3 heterocycles. The van der Waals surface area contributed by atoms with Crippen LogP contribution in [0.4, 0.5) is 5.82 Å².